The van der Waals surface area contributed by atoms with Gasteiger partial charge in [-0.2, -0.15) is 0 Å². The fraction of sp³-hybridized carbons (Fsp3) is 0.636. The number of nitrogens with one attached hydrogen (secondary N) is 2. The molecule has 2 rings (SSSR count). The Hall–Kier alpha value is -1.07. The van der Waals surface area contributed by atoms with Crippen molar-refractivity contribution in [1.82, 2.24) is 14.9 Å². The predicted octanol–water partition coefficient (Wildman–Crippen LogP) is 0.578. The lowest BCUT2D eigenvalue weighted by molar-refractivity contribution is 0.433. The topological polar surface area (TPSA) is 66.9 Å². The summed E-state index contributed by atoms with van der Waals surface area (Å²) < 4.78 is 1.45. The standard InChI is InChI=1S/C11H16ClN3O2/c1-7(4-13-8-2-3-8)5-15-6-9(12)10(16)14-11(15)17/h6-8,13H,2-5H2,1H3,(H,14,16,17). The van der Waals surface area contributed by atoms with Gasteiger partial charge in [-0.05, 0) is 25.3 Å². The average Bonchev–Trinajstić information content (AvgIpc) is 3.07. The third kappa shape index (κ3) is 3.44. The molecule has 1 fully saturated rings. The highest BCUT2D eigenvalue weighted by molar-refractivity contribution is 6.30. The van der Waals surface area contributed by atoms with Gasteiger partial charge >= 0.3 is 5.69 Å². The van der Waals surface area contributed by atoms with Gasteiger partial charge in [0.2, 0.25) is 0 Å². The maximum Gasteiger partial charge on any atom is 0.328 e. The summed E-state index contributed by atoms with van der Waals surface area (Å²) in [4.78, 5) is 24.8. The monoisotopic (exact) mass is 257 g/mol. The van der Waals surface area contributed by atoms with Gasteiger partial charge in [-0.15, -0.1) is 0 Å². The van der Waals surface area contributed by atoms with E-state index < -0.39 is 11.2 Å². The van der Waals surface area contributed by atoms with Crippen molar-refractivity contribution in [1.29, 1.82) is 0 Å². The molecule has 0 radical (unpaired) electrons. The predicted molar refractivity (Wildman–Crippen MR) is 66.5 cm³/mol. The van der Waals surface area contributed by atoms with Crippen LogP contribution in [-0.2, 0) is 6.54 Å². The molecule has 1 aromatic rings. The Morgan fingerprint density at radius 3 is 2.94 bits per heavy atom. The van der Waals surface area contributed by atoms with Gasteiger partial charge in [0.05, 0.1) is 0 Å². The molecule has 1 aromatic heterocycles. The second kappa shape index (κ2) is 5.06. The molecule has 0 spiro atoms. The smallest absolute Gasteiger partial charge is 0.314 e. The summed E-state index contributed by atoms with van der Waals surface area (Å²) in [5, 5.41) is 3.45. The maximum absolute atomic E-state index is 11.5. The van der Waals surface area contributed by atoms with Crippen molar-refractivity contribution in [2.75, 3.05) is 6.54 Å². The molecule has 0 bridgehead atoms. The molecule has 1 aliphatic rings. The van der Waals surface area contributed by atoms with Crippen LogP contribution < -0.4 is 16.6 Å². The summed E-state index contributed by atoms with van der Waals surface area (Å²) in [6.07, 6.45) is 3.89. The number of rotatable bonds is 5. The summed E-state index contributed by atoms with van der Waals surface area (Å²) in [6, 6.07) is 0.661. The lowest BCUT2D eigenvalue weighted by Crippen LogP contribution is -2.33. The molecule has 1 heterocycles. The zero-order valence-corrected chi connectivity index (χ0v) is 10.5. The van der Waals surface area contributed by atoms with Crippen molar-refractivity contribution in [2.45, 2.75) is 32.4 Å². The average molecular weight is 258 g/mol. The summed E-state index contributed by atoms with van der Waals surface area (Å²) in [7, 11) is 0. The number of H-pyrrole nitrogens is 1. The molecule has 1 aliphatic carbocycles. The van der Waals surface area contributed by atoms with E-state index in [-0.39, 0.29) is 5.02 Å². The minimum Gasteiger partial charge on any atom is -0.314 e. The zero-order chi connectivity index (χ0) is 12.4. The minimum atomic E-state index is -0.531. The van der Waals surface area contributed by atoms with E-state index in [1.165, 1.54) is 23.6 Å². The molecule has 0 aliphatic heterocycles. The van der Waals surface area contributed by atoms with Gasteiger partial charge in [0.15, 0.2) is 0 Å². The third-order valence-corrected chi connectivity index (χ3v) is 3.08. The van der Waals surface area contributed by atoms with E-state index in [1.807, 2.05) is 0 Å². The van der Waals surface area contributed by atoms with E-state index >= 15 is 0 Å². The molecule has 5 nitrogen and oxygen atoms in total. The number of aromatic nitrogens is 2. The number of aromatic amines is 1. The fourth-order valence-corrected chi connectivity index (χ4v) is 1.84. The van der Waals surface area contributed by atoms with Gasteiger partial charge in [0.1, 0.15) is 5.02 Å². The molecule has 1 atom stereocenters. The van der Waals surface area contributed by atoms with Crippen LogP contribution in [0.15, 0.2) is 15.8 Å². The van der Waals surface area contributed by atoms with Crippen LogP contribution in [0.25, 0.3) is 0 Å². The molecule has 17 heavy (non-hydrogen) atoms. The molecular formula is C11H16ClN3O2. The Labute approximate surface area is 104 Å². The molecule has 1 saturated carbocycles. The van der Waals surface area contributed by atoms with E-state index in [4.69, 9.17) is 11.6 Å². The van der Waals surface area contributed by atoms with Crippen molar-refractivity contribution in [3.05, 3.63) is 32.1 Å². The molecule has 2 N–H and O–H groups in total. The second-order valence-corrected chi connectivity index (χ2v) is 5.08. The first-order valence-corrected chi connectivity index (χ1v) is 6.16. The van der Waals surface area contributed by atoms with Crippen LogP contribution >= 0.6 is 11.6 Å². The Morgan fingerprint density at radius 1 is 1.59 bits per heavy atom. The van der Waals surface area contributed by atoms with Crippen LogP contribution in [0.4, 0.5) is 0 Å². The molecular weight excluding hydrogens is 242 g/mol. The van der Waals surface area contributed by atoms with Gasteiger partial charge in [-0.3, -0.25) is 14.3 Å². The molecule has 1 unspecified atom stereocenters. The van der Waals surface area contributed by atoms with E-state index in [0.717, 1.165) is 6.54 Å². The van der Waals surface area contributed by atoms with Crippen molar-refractivity contribution in [3.63, 3.8) is 0 Å². The van der Waals surface area contributed by atoms with Crippen molar-refractivity contribution < 1.29 is 0 Å². The van der Waals surface area contributed by atoms with Crippen molar-refractivity contribution in [3.8, 4) is 0 Å². The van der Waals surface area contributed by atoms with Gasteiger partial charge in [-0.25, -0.2) is 4.79 Å². The Kier molecular flexibility index (Phi) is 3.69. The van der Waals surface area contributed by atoms with Gasteiger partial charge < -0.3 is 5.32 Å². The Bertz CT molecular complexity index is 504. The van der Waals surface area contributed by atoms with E-state index in [0.29, 0.717) is 18.5 Å². The van der Waals surface area contributed by atoms with Crippen LogP contribution in [0.1, 0.15) is 19.8 Å². The lowest BCUT2D eigenvalue weighted by atomic mass is 10.2. The number of hydrogen-bond acceptors (Lipinski definition) is 3. The first kappa shape index (κ1) is 12.4. The first-order valence-electron chi connectivity index (χ1n) is 5.79. The lowest BCUT2D eigenvalue weighted by Gasteiger charge is -2.13. The van der Waals surface area contributed by atoms with Crippen LogP contribution in [-0.4, -0.2) is 22.1 Å². The highest BCUT2D eigenvalue weighted by Gasteiger charge is 2.20. The first-order chi connectivity index (χ1) is 8.06. The number of hydrogen-bond donors (Lipinski definition) is 2. The molecule has 0 amide bonds. The summed E-state index contributed by atoms with van der Waals surface area (Å²) in [5.74, 6) is 0.315. The minimum absolute atomic E-state index is 0.0481. The highest BCUT2D eigenvalue weighted by Crippen LogP contribution is 2.18. The van der Waals surface area contributed by atoms with Gasteiger partial charge in [-0.1, -0.05) is 18.5 Å². The van der Waals surface area contributed by atoms with E-state index in [9.17, 15) is 9.59 Å². The summed E-state index contributed by atoms with van der Waals surface area (Å²) in [6.45, 7) is 3.48. The Balaban J connectivity index is 1.99. The quantitative estimate of drug-likeness (QED) is 0.811. The normalized spacial score (nSPS) is 17.1. The van der Waals surface area contributed by atoms with Gasteiger partial charge in [0.25, 0.3) is 5.56 Å². The zero-order valence-electron chi connectivity index (χ0n) is 9.70. The largest absolute Gasteiger partial charge is 0.328 e. The van der Waals surface area contributed by atoms with Crippen LogP contribution in [0, 0.1) is 5.92 Å². The van der Waals surface area contributed by atoms with Crippen LogP contribution in [0.2, 0.25) is 5.02 Å². The maximum atomic E-state index is 11.5. The summed E-state index contributed by atoms with van der Waals surface area (Å²) >= 11 is 5.69. The molecule has 94 valence electrons. The third-order valence-electron chi connectivity index (χ3n) is 2.81. The Morgan fingerprint density at radius 2 is 2.29 bits per heavy atom. The fourth-order valence-electron chi connectivity index (χ4n) is 1.67. The number of nitrogens with zero attached hydrogens (tertiary/aromatic N) is 1. The van der Waals surface area contributed by atoms with E-state index in [2.05, 4.69) is 17.2 Å². The van der Waals surface area contributed by atoms with Crippen molar-refractivity contribution >= 4 is 11.6 Å². The molecule has 0 aromatic carbocycles. The molecule has 0 saturated heterocycles. The van der Waals surface area contributed by atoms with Gasteiger partial charge in [0, 0.05) is 18.8 Å². The van der Waals surface area contributed by atoms with Crippen molar-refractivity contribution in [2.24, 2.45) is 5.92 Å². The summed E-state index contributed by atoms with van der Waals surface area (Å²) in [5.41, 5.74) is -0.936. The van der Waals surface area contributed by atoms with Crippen LogP contribution in [0.5, 0.6) is 0 Å². The SMILES string of the molecule is CC(CNC1CC1)Cn1cc(Cl)c(=O)[nH]c1=O. The van der Waals surface area contributed by atoms with E-state index in [1.54, 1.807) is 0 Å². The van der Waals surface area contributed by atoms with Crippen LogP contribution in [0.3, 0.4) is 0 Å². The molecule has 6 heteroatoms. The highest BCUT2D eigenvalue weighted by atomic mass is 35.5. The number of halogens is 1. The second-order valence-electron chi connectivity index (χ2n) is 4.68.